The molecule has 0 unspecified atom stereocenters. The van der Waals surface area contributed by atoms with E-state index >= 15 is 0 Å². The zero-order valence-electron chi connectivity index (χ0n) is 13.5. The smallest absolute Gasteiger partial charge is 0.237 e. The number of primary amides is 1. The molecule has 2 aromatic rings. The van der Waals surface area contributed by atoms with Gasteiger partial charge in [0.25, 0.3) is 0 Å². The van der Waals surface area contributed by atoms with Crippen LogP contribution >= 0.6 is 0 Å². The van der Waals surface area contributed by atoms with Gasteiger partial charge < -0.3 is 10.5 Å². The van der Waals surface area contributed by atoms with Crippen molar-refractivity contribution in [2.24, 2.45) is 5.73 Å². The van der Waals surface area contributed by atoms with Gasteiger partial charge in [-0.1, -0.05) is 18.2 Å². The van der Waals surface area contributed by atoms with E-state index in [0.717, 1.165) is 16.9 Å². The SMILES string of the molecule is Cc1nn(-c2ccccc2)cc1CN1CCO[C@H](C)[C@H]1C(N)=O. The normalized spacial score (nSPS) is 22.2. The minimum absolute atomic E-state index is 0.189. The molecule has 2 N–H and O–H groups in total. The van der Waals surface area contributed by atoms with E-state index in [1.54, 1.807) is 0 Å². The molecule has 122 valence electrons. The Bertz CT molecular complexity index is 683. The summed E-state index contributed by atoms with van der Waals surface area (Å²) in [5, 5.41) is 4.58. The zero-order chi connectivity index (χ0) is 16.4. The number of carbonyl (C=O) groups excluding carboxylic acids is 1. The fourth-order valence-electron chi connectivity index (χ4n) is 3.05. The van der Waals surface area contributed by atoms with Gasteiger partial charge in [0, 0.05) is 24.8 Å². The van der Waals surface area contributed by atoms with Crippen LogP contribution in [0.3, 0.4) is 0 Å². The lowest BCUT2D eigenvalue weighted by Gasteiger charge is -2.37. The molecule has 1 amide bonds. The van der Waals surface area contributed by atoms with Gasteiger partial charge >= 0.3 is 0 Å². The van der Waals surface area contributed by atoms with Gasteiger partial charge in [0.2, 0.25) is 5.91 Å². The van der Waals surface area contributed by atoms with E-state index in [0.29, 0.717) is 19.7 Å². The van der Waals surface area contributed by atoms with Crippen LogP contribution in [0.1, 0.15) is 18.2 Å². The monoisotopic (exact) mass is 314 g/mol. The summed E-state index contributed by atoms with van der Waals surface area (Å²) in [4.78, 5) is 13.8. The maximum absolute atomic E-state index is 11.8. The number of hydrogen-bond donors (Lipinski definition) is 1. The third kappa shape index (κ3) is 3.28. The van der Waals surface area contributed by atoms with Crippen LogP contribution in [0.15, 0.2) is 36.5 Å². The summed E-state index contributed by atoms with van der Waals surface area (Å²) in [7, 11) is 0. The molecule has 0 aliphatic carbocycles. The summed E-state index contributed by atoms with van der Waals surface area (Å²) in [6.45, 7) is 5.81. The largest absolute Gasteiger partial charge is 0.375 e. The van der Waals surface area contributed by atoms with Gasteiger partial charge in [0.1, 0.15) is 6.04 Å². The molecule has 2 atom stereocenters. The summed E-state index contributed by atoms with van der Waals surface area (Å²) in [6, 6.07) is 9.58. The van der Waals surface area contributed by atoms with E-state index in [1.807, 2.05) is 55.1 Å². The number of para-hydroxylation sites is 1. The van der Waals surface area contributed by atoms with Crippen molar-refractivity contribution >= 4 is 5.91 Å². The molecule has 1 saturated heterocycles. The van der Waals surface area contributed by atoms with Crippen LogP contribution in [0, 0.1) is 6.92 Å². The molecule has 6 nitrogen and oxygen atoms in total. The van der Waals surface area contributed by atoms with Crippen molar-refractivity contribution in [1.29, 1.82) is 0 Å². The molecule has 1 aliphatic rings. The molecule has 1 aromatic carbocycles. The number of aryl methyl sites for hydroxylation is 1. The second kappa shape index (κ2) is 6.52. The molecular weight excluding hydrogens is 292 g/mol. The first-order valence-electron chi connectivity index (χ1n) is 7.82. The molecule has 0 saturated carbocycles. The van der Waals surface area contributed by atoms with Gasteiger partial charge in [0.15, 0.2) is 0 Å². The van der Waals surface area contributed by atoms with Gasteiger partial charge in [-0.2, -0.15) is 5.10 Å². The first kappa shape index (κ1) is 15.7. The highest BCUT2D eigenvalue weighted by Gasteiger charge is 2.34. The van der Waals surface area contributed by atoms with Gasteiger partial charge in [0.05, 0.1) is 24.1 Å². The Morgan fingerprint density at radius 3 is 2.83 bits per heavy atom. The number of carbonyl (C=O) groups is 1. The van der Waals surface area contributed by atoms with E-state index < -0.39 is 6.04 Å². The maximum Gasteiger partial charge on any atom is 0.237 e. The zero-order valence-corrected chi connectivity index (χ0v) is 13.5. The van der Waals surface area contributed by atoms with Crippen molar-refractivity contribution in [1.82, 2.24) is 14.7 Å². The number of nitrogens with zero attached hydrogens (tertiary/aromatic N) is 3. The third-order valence-electron chi connectivity index (χ3n) is 4.28. The number of hydrogen-bond acceptors (Lipinski definition) is 4. The van der Waals surface area contributed by atoms with Crippen LogP contribution in [-0.4, -0.2) is 45.9 Å². The molecule has 0 spiro atoms. The van der Waals surface area contributed by atoms with Crippen molar-refractivity contribution in [2.45, 2.75) is 32.5 Å². The van der Waals surface area contributed by atoms with Crippen LogP contribution in [0.25, 0.3) is 5.69 Å². The lowest BCUT2D eigenvalue weighted by atomic mass is 10.1. The van der Waals surface area contributed by atoms with Crippen molar-refractivity contribution in [2.75, 3.05) is 13.2 Å². The van der Waals surface area contributed by atoms with Crippen LogP contribution < -0.4 is 5.73 Å². The first-order chi connectivity index (χ1) is 11.1. The highest BCUT2D eigenvalue weighted by atomic mass is 16.5. The van der Waals surface area contributed by atoms with Gasteiger partial charge in [-0.3, -0.25) is 9.69 Å². The Balaban J connectivity index is 1.82. The average molecular weight is 314 g/mol. The predicted octanol–water partition coefficient (Wildman–Crippen LogP) is 1.26. The topological polar surface area (TPSA) is 73.4 Å². The van der Waals surface area contributed by atoms with E-state index in [1.165, 1.54) is 0 Å². The molecule has 2 heterocycles. The number of benzene rings is 1. The highest BCUT2D eigenvalue weighted by molar-refractivity contribution is 5.80. The number of morpholine rings is 1. The lowest BCUT2D eigenvalue weighted by Crippen LogP contribution is -2.56. The summed E-state index contributed by atoms with van der Waals surface area (Å²) in [6.07, 6.45) is 1.83. The van der Waals surface area contributed by atoms with Crippen molar-refractivity contribution in [3.05, 3.63) is 47.8 Å². The van der Waals surface area contributed by atoms with E-state index in [2.05, 4.69) is 10.00 Å². The minimum Gasteiger partial charge on any atom is -0.375 e. The van der Waals surface area contributed by atoms with E-state index in [4.69, 9.17) is 10.5 Å². The summed E-state index contributed by atoms with van der Waals surface area (Å²) in [5.74, 6) is -0.342. The Labute approximate surface area is 135 Å². The summed E-state index contributed by atoms with van der Waals surface area (Å²) >= 11 is 0. The quantitative estimate of drug-likeness (QED) is 0.922. The van der Waals surface area contributed by atoms with E-state index in [9.17, 15) is 4.79 Å². The average Bonchev–Trinajstić information content (AvgIpc) is 2.89. The molecule has 0 bridgehead atoms. The van der Waals surface area contributed by atoms with Gasteiger partial charge in [-0.05, 0) is 26.0 Å². The van der Waals surface area contributed by atoms with Gasteiger partial charge in [-0.15, -0.1) is 0 Å². The van der Waals surface area contributed by atoms with Gasteiger partial charge in [-0.25, -0.2) is 4.68 Å². The number of nitrogens with two attached hydrogens (primary N) is 1. The molecule has 1 aromatic heterocycles. The number of aromatic nitrogens is 2. The molecule has 23 heavy (non-hydrogen) atoms. The molecule has 1 fully saturated rings. The predicted molar refractivity (Wildman–Crippen MR) is 87.1 cm³/mol. The molecule has 0 radical (unpaired) electrons. The van der Waals surface area contributed by atoms with Crippen molar-refractivity contribution in [3.8, 4) is 5.69 Å². The van der Waals surface area contributed by atoms with Crippen LogP contribution in [0.2, 0.25) is 0 Å². The highest BCUT2D eigenvalue weighted by Crippen LogP contribution is 2.19. The number of amides is 1. The van der Waals surface area contributed by atoms with Crippen LogP contribution in [0.4, 0.5) is 0 Å². The first-order valence-corrected chi connectivity index (χ1v) is 7.82. The summed E-state index contributed by atoms with van der Waals surface area (Å²) in [5.41, 5.74) is 8.62. The third-order valence-corrected chi connectivity index (χ3v) is 4.28. The molecular formula is C17H22N4O2. The van der Waals surface area contributed by atoms with Crippen LogP contribution in [-0.2, 0) is 16.1 Å². The Morgan fingerprint density at radius 1 is 1.39 bits per heavy atom. The standard InChI is InChI=1S/C17H22N4O2/c1-12-14(11-21(19-12)15-6-4-3-5-7-15)10-20-8-9-23-13(2)16(20)17(18)22/h3-7,11,13,16H,8-10H2,1-2H3,(H2,18,22)/t13-,16+/m1/s1. The second-order valence-electron chi connectivity index (χ2n) is 5.91. The molecule has 3 rings (SSSR count). The number of ether oxygens (including phenoxy) is 1. The van der Waals surface area contributed by atoms with Crippen LogP contribution in [0.5, 0.6) is 0 Å². The fraction of sp³-hybridized carbons (Fsp3) is 0.412. The van der Waals surface area contributed by atoms with E-state index in [-0.39, 0.29) is 12.0 Å². The molecule has 1 aliphatic heterocycles. The number of rotatable bonds is 4. The lowest BCUT2D eigenvalue weighted by molar-refractivity contribution is -0.136. The van der Waals surface area contributed by atoms with Crippen molar-refractivity contribution < 1.29 is 9.53 Å². The summed E-state index contributed by atoms with van der Waals surface area (Å²) < 4.78 is 7.43. The Morgan fingerprint density at radius 2 is 2.13 bits per heavy atom. The Hall–Kier alpha value is -2.18. The minimum atomic E-state index is -0.400. The van der Waals surface area contributed by atoms with Crippen molar-refractivity contribution in [3.63, 3.8) is 0 Å². The fourth-order valence-corrected chi connectivity index (χ4v) is 3.05. The second-order valence-corrected chi connectivity index (χ2v) is 5.91. The maximum atomic E-state index is 11.8. The Kier molecular flexibility index (Phi) is 4.45. The molecule has 6 heteroatoms.